The van der Waals surface area contributed by atoms with Gasteiger partial charge < -0.3 is 5.32 Å². The van der Waals surface area contributed by atoms with E-state index in [0.717, 1.165) is 23.7 Å². The van der Waals surface area contributed by atoms with E-state index in [1.54, 1.807) is 0 Å². The van der Waals surface area contributed by atoms with Crippen molar-refractivity contribution in [2.75, 3.05) is 6.54 Å². The van der Waals surface area contributed by atoms with E-state index in [-0.39, 0.29) is 6.04 Å². The monoisotopic (exact) mass is 288 g/mol. The Morgan fingerprint density at radius 3 is 2.55 bits per heavy atom. The van der Waals surface area contributed by atoms with Crippen molar-refractivity contribution in [1.82, 2.24) is 10.3 Å². The predicted molar refractivity (Wildman–Crippen MR) is 87.6 cm³/mol. The minimum Gasteiger partial charge on any atom is -0.306 e. The molecule has 2 aromatic rings. The van der Waals surface area contributed by atoms with Gasteiger partial charge in [0.1, 0.15) is 0 Å². The zero-order valence-electron chi connectivity index (χ0n) is 13.1. The van der Waals surface area contributed by atoms with Crippen LogP contribution in [-0.2, 0) is 0 Å². The van der Waals surface area contributed by atoms with E-state index in [0.29, 0.717) is 0 Å². The molecule has 0 saturated heterocycles. The molecule has 0 aliphatic heterocycles. The molecule has 0 radical (unpaired) electrons. The van der Waals surface area contributed by atoms with Crippen LogP contribution < -0.4 is 5.32 Å². The lowest BCUT2D eigenvalue weighted by atomic mass is 9.96. The number of aromatic nitrogens is 1. The molecule has 1 aromatic carbocycles. The van der Waals surface area contributed by atoms with Crippen molar-refractivity contribution in [2.24, 2.45) is 0 Å². The fourth-order valence-electron chi connectivity index (χ4n) is 2.53. The third-order valence-electron chi connectivity index (χ3n) is 3.76. The molecule has 2 rings (SSSR count). The SMILES string of the molecule is CCCNC(c1cccc(C)c1C)c1sc(C)nc1C. The minimum absolute atomic E-state index is 0.265. The molecule has 20 heavy (non-hydrogen) atoms. The molecule has 0 amide bonds. The number of rotatable bonds is 5. The van der Waals surface area contributed by atoms with E-state index in [2.05, 4.69) is 63.1 Å². The van der Waals surface area contributed by atoms with Gasteiger partial charge in [0.25, 0.3) is 0 Å². The number of aryl methyl sites for hydroxylation is 3. The molecule has 1 unspecified atom stereocenters. The molecule has 2 nitrogen and oxygen atoms in total. The Balaban J connectivity index is 2.47. The van der Waals surface area contributed by atoms with Crippen LogP contribution in [0, 0.1) is 27.7 Å². The molecule has 3 heteroatoms. The minimum atomic E-state index is 0.265. The van der Waals surface area contributed by atoms with Gasteiger partial charge in [-0.15, -0.1) is 11.3 Å². The summed E-state index contributed by atoms with van der Waals surface area (Å²) in [5, 5.41) is 4.84. The fraction of sp³-hybridized carbons (Fsp3) is 0.471. The Labute approximate surface area is 126 Å². The van der Waals surface area contributed by atoms with Gasteiger partial charge in [0, 0.05) is 4.88 Å². The highest BCUT2D eigenvalue weighted by Crippen LogP contribution is 2.32. The van der Waals surface area contributed by atoms with Gasteiger partial charge in [0.2, 0.25) is 0 Å². The van der Waals surface area contributed by atoms with Gasteiger partial charge in [-0.3, -0.25) is 0 Å². The third kappa shape index (κ3) is 3.10. The number of thiazole rings is 1. The maximum absolute atomic E-state index is 4.60. The van der Waals surface area contributed by atoms with Crippen LogP contribution >= 0.6 is 11.3 Å². The van der Waals surface area contributed by atoms with Crippen molar-refractivity contribution in [2.45, 2.75) is 47.1 Å². The van der Waals surface area contributed by atoms with Crippen LogP contribution in [0.2, 0.25) is 0 Å². The number of benzene rings is 1. The summed E-state index contributed by atoms with van der Waals surface area (Å²) >= 11 is 1.81. The Morgan fingerprint density at radius 1 is 1.20 bits per heavy atom. The first kappa shape index (κ1) is 15.2. The van der Waals surface area contributed by atoms with Crippen LogP contribution in [0.15, 0.2) is 18.2 Å². The first-order valence-electron chi connectivity index (χ1n) is 7.28. The van der Waals surface area contributed by atoms with Gasteiger partial charge >= 0.3 is 0 Å². The maximum atomic E-state index is 4.60. The van der Waals surface area contributed by atoms with E-state index in [1.807, 2.05) is 11.3 Å². The predicted octanol–water partition coefficient (Wildman–Crippen LogP) is 4.47. The number of hydrogen-bond donors (Lipinski definition) is 1. The highest BCUT2D eigenvalue weighted by Gasteiger charge is 2.20. The van der Waals surface area contributed by atoms with E-state index in [4.69, 9.17) is 0 Å². The van der Waals surface area contributed by atoms with Crippen molar-refractivity contribution < 1.29 is 0 Å². The van der Waals surface area contributed by atoms with Crippen molar-refractivity contribution in [3.8, 4) is 0 Å². The van der Waals surface area contributed by atoms with Crippen molar-refractivity contribution in [1.29, 1.82) is 0 Å². The average Bonchev–Trinajstić information content (AvgIpc) is 2.74. The molecule has 1 aromatic heterocycles. The summed E-state index contributed by atoms with van der Waals surface area (Å²) < 4.78 is 0. The number of nitrogens with one attached hydrogen (secondary N) is 1. The van der Waals surface area contributed by atoms with Crippen LogP contribution in [0.1, 0.15) is 51.7 Å². The normalized spacial score (nSPS) is 12.7. The molecule has 1 atom stereocenters. The average molecular weight is 288 g/mol. The van der Waals surface area contributed by atoms with Gasteiger partial charge in [0.15, 0.2) is 0 Å². The van der Waals surface area contributed by atoms with Crippen LogP contribution in [0.3, 0.4) is 0 Å². The first-order chi connectivity index (χ1) is 9.54. The van der Waals surface area contributed by atoms with Gasteiger partial charge in [0.05, 0.1) is 16.7 Å². The quantitative estimate of drug-likeness (QED) is 0.878. The van der Waals surface area contributed by atoms with Gasteiger partial charge in [-0.05, 0) is 57.4 Å². The lowest BCUT2D eigenvalue weighted by Gasteiger charge is -2.21. The van der Waals surface area contributed by atoms with Gasteiger partial charge in [-0.2, -0.15) is 0 Å². The van der Waals surface area contributed by atoms with Crippen molar-refractivity contribution >= 4 is 11.3 Å². The van der Waals surface area contributed by atoms with E-state index >= 15 is 0 Å². The van der Waals surface area contributed by atoms with Crippen molar-refractivity contribution in [3.05, 3.63) is 50.5 Å². The molecule has 1 N–H and O–H groups in total. The molecule has 1 heterocycles. The summed E-state index contributed by atoms with van der Waals surface area (Å²) in [6, 6.07) is 6.84. The Hall–Kier alpha value is -1.19. The zero-order valence-corrected chi connectivity index (χ0v) is 13.9. The zero-order chi connectivity index (χ0) is 14.7. The molecular formula is C17H24N2S. The van der Waals surface area contributed by atoms with Crippen LogP contribution in [0.5, 0.6) is 0 Å². The summed E-state index contributed by atoms with van der Waals surface area (Å²) in [7, 11) is 0. The van der Waals surface area contributed by atoms with Crippen LogP contribution in [0.25, 0.3) is 0 Å². The van der Waals surface area contributed by atoms with Crippen LogP contribution in [0.4, 0.5) is 0 Å². The molecular weight excluding hydrogens is 264 g/mol. The lowest BCUT2D eigenvalue weighted by molar-refractivity contribution is 0.600. The second-order valence-corrected chi connectivity index (χ2v) is 6.59. The number of hydrogen-bond acceptors (Lipinski definition) is 3. The second-order valence-electron chi connectivity index (χ2n) is 5.36. The lowest BCUT2D eigenvalue weighted by Crippen LogP contribution is -2.24. The Kier molecular flexibility index (Phi) is 4.95. The van der Waals surface area contributed by atoms with Crippen molar-refractivity contribution in [3.63, 3.8) is 0 Å². The molecule has 0 bridgehead atoms. The van der Waals surface area contributed by atoms with Crippen LogP contribution in [-0.4, -0.2) is 11.5 Å². The standard InChI is InChI=1S/C17H24N2S/c1-6-10-18-16(17-13(4)19-14(5)20-17)15-9-7-8-11(2)12(15)3/h7-9,16,18H,6,10H2,1-5H3. The molecule has 0 saturated carbocycles. The largest absolute Gasteiger partial charge is 0.306 e. The highest BCUT2D eigenvalue weighted by molar-refractivity contribution is 7.11. The molecule has 108 valence electrons. The smallest absolute Gasteiger partial charge is 0.0900 e. The molecule has 0 fully saturated rings. The third-order valence-corrected chi connectivity index (χ3v) is 4.90. The summed E-state index contributed by atoms with van der Waals surface area (Å²) in [5.74, 6) is 0. The summed E-state index contributed by atoms with van der Waals surface area (Å²) in [5.41, 5.74) is 5.27. The highest BCUT2D eigenvalue weighted by atomic mass is 32.1. The van der Waals surface area contributed by atoms with E-state index in [1.165, 1.54) is 21.6 Å². The van der Waals surface area contributed by atoms with E-state index < -0.39 is 0 Å². The molecule has 0 aliphatic carbocycles. The number of nitrogens with zero attached hydrogens (tertiary/aromatic N) is 1. The van der Waals surface area contributed by atoms with E-state index in [9.17, 15) is 0 Å². The maximum Gasteiger partial charge on any atom is 0.0900 e. The topological polar surface area (TPSA) is 24.9 Å². The Morgan fingerprint density at radius 2 is 1.95 bits per heavy atom. The molecule has 0 aliphatic rings. The van der Waals surface area contributed by atoms with Gasteiger partial charge in [-0.1, -0.05) is 25.1 Å². The summed E-state index contributed by atoms with van der Waals surface area (Å²) in [6.45, 7) is 11.8. The first-order valence-corrected chi connectivity index (χ1v) is 8.09. The fourth-order valence-corrected chi connectivity index (χ4v) is 3.56. The summed E-state index contributed by atoms with van der Waals surface area (Å²) in [4.78, 5) is 5.95. The molecule has 0 spiro atoms. The Bertz CT molecular complexity index is 587. The van der Waals surface area contributed by atoms with Gasteiger partial charge in [-0.25, -0.2) is 4.98 Å². The second kappa shape index (κ2) is 6.51. The summed E-state index contributed by atoms with van der Waals surface area (Å²) in [6.07, 6.45) is 1.14.